The number of imidazole rings is 1. The first-order valence-corrected chi connectivity index (χ1v) is 19.5. The van der Waals surface area contributed by atoms with Crippen LogP contribution in [0.2, 0.25) is 0 Å². The predicted molar refractivity (Wildman–Crippen MR) is 235 cm³/mol. The van der Waals surface area contributed by atoms with Gasteiger partial charge in [-0.1, -0.05) is 109 Å². The summed E-state index contributed by atoms with van der Waals surface area (Å²) >= 11 is 0. The van der Waals surface area contributed by atoms with Gasteiger partial charge in [-0.2, -0.15) is 4.40 Å². The Morgan fingerprint density at radius 3 is 2.11 bits per heavy atom. The van der Waals surface area contributed by atoms with E-state index in [9.17, 15) is 0 Å². The first kappa shape index (κ1) is 30.2. The fraction of sp³-hybridized carbons (Fsp3) is 0.0392. The van der Waals surface area contributed by atoms with Gasteiger partial charge in [0.1, 0.15) is 5.52 Å². The van der Waals surface area contributed by atoms with E-state index in [2.05, 4.69) is 202 Å². The lowest BCUT2D eigenvalue weighted by molar-refractivity contribution is -0.617. The summed E-state index contributed by atoms with van der Waals surface area (Å²) in [5.74, 6) is 0. The average molecular weight is 714 g/mol. The lowest BCUT2D eigenvalue weighted by Gasteiger charge is -2.40. The number of benzene rings is 8. The number of aryl methyl sites for hydroxylation is 2. The van der Waals surface area contributed by atoms with Gasteiger partial charge in [0.25, 0.3) is 12.4 Å². The third-order valence-electron chi connectivity index (χ3n) is 12.8. The van der Waals surface area contributed by atoms with E-state index < -0.39 is 0 Å². The van der Waals surface area contributed by atoms with Crippen LogP contribution in [-0.2, 0) is 7.05 Å². The SMILES string of the molecule is Cc1cccc2c3ccc(-c4cc5c6c(c4)-n4c7ccccc7c7cccc(c74)B6c4ccccc4N5c4ccccc4)cc3n3c4ccccc4[n+](C)c3c12. The van der Waals surface area contributed by atoms with Crippen molar-refractivity contribution in [2.45, 2.75) is 6.92 Å². The highest BCUT2D eigenvalue weighted by atomic mass is 15.2. The van der Waals surface area contributed by atoms with E-state index in [0.717, 1.165) is 5.69 Å². The van der Waals surface area contributed by atoms with Crippen LogP contribution in [0.25, 0.3) is 77.0 Å². The molecule has 5 heterocycles. The van der Waals surface area contributed by atoms with E-state index in [1.807, 2.05) is 0 Å². The topological polar surface area (TPSA) is 16.5 Å². The second-order valence-corrected chi connectivity index (χ2v) is 15.6. The van der Waals surface area contributed by atoms with Crippen molar-refractivity contribution in [3.8, 4) is 16.8 Å². The quantitative estimate of drug-likeness (QED) is 0.0991. The molecule has 0 unspecified atom stereocenters. The van der Waals surface area contributed by atoms with Gasteiger partial charge in [0.05, 0.1) is 18.0 Å². The molecule has 0 bridgehead atoms. The summed E-state index contributed by atoms with van der Waals surface area (Å²) < 4.78 is 7.42. The Labute approximate surface area is 323 Å². The molecule has 5 heteroatoms. The zero-order valence-electron chi connectivity index (χ0n) is 31.0. The third-order valence-corrected chi connectivity index (χ3v) is 12.8. The number of hydrogen-bond donors (Lipinski definition) is 0. The van der Waals surface area contributed by atoms with E-state index in [0.29, 0.717) is 0 Å². The molecule has 13 rings (SSSR count). The number of pyridine rings is 1. The summed E-state index contributed by atoms with van der Waals surface area (Å²) in [6.07, 6.45) is 0. The van der Waals surface area contributed by atoms with Crippen molar-refractivity contribution in [2.24, 2.45) is 7.05 Å². The number of rotatable bonds is 2. The second kappa shape index (κ2) is 10.8. The van der Waals surface area contributed by atoms with Gasteiger partial charge in [-0.25, -0.2) is 4.57 Å². The molecular weight excluding hydrogens is 679 g/mol. The Hall–Kier alpha value is -7.11. The number of anilines is 3. The maximum Gasteiger partial charge on any atom is 0.295 e. The molecule has 56 heavy (non-hydrogen) atoms. The summed E-state index contributed by atoms with van der Waals surface area (Å²) in [7, 11) is 2.21. The highest BCUT2D eigenvalue weighted by Gasteiger charge is 2.42. The molecule has 3 aromatic heterocycles. The summed E-state index contributed by atoms with van der Waals surface area (Å²) in [5, 5.41) is 6.44. The fourth-order valence-corrected chi connectivity index (χ4v) is 10.5. The van der Waals surface area contributed by atoms with Crippen LogP contribution in [0, 0.1) is 6.92 Å². The maximum atomic E-state index is 2.56. The summed E-state index contributed by atoms with van der Waals surface area (Å²) in [4.78, 5) is 2.50. The Balaban J connectivity index is 1.18. The maximum absolute atomic E-state index is 2.56. The van der Waals surface area contributed by atoms with E-state index in [1.54, 1.807) is 0 Å². The third kappa shape index (κ3) is 3.72. The molecule has 0 N–H and O–H groups in total. The first-order chi connectivity index (χ1) is 27.7. The number of nitrogens with zero attached hydrogens (tertiary/aromatic N) is 4. The van der Waals surface area contributed by atoms with E-state index in [4.69, 9.17) is 0 Å². The summed E-state index contributed by atoms with van der Waals surface area (Å²) in [6, 6.07) is 63.4. The molecular formula is C51H34BN4+. The molecule has 4 nitrogen and oxygen atoms in total. The number of hydrogen-bond acceptors (Lipinski definition) is 1. The fourth-order valence-electron chi connectivity index (χ4n) is 10.5. The summed E-state index contributed by atoms with van der Waals surface area (Å²) in [5.41, 5.74) is 20.0. The lowest BCUT2D eigenvalue weighted by Crippen LogP contribution is -2.60. The molecule has 260 valence electrons. The minimum Gasteiger partial charge on any atom is -0.311 e. The van der Waals surface area contributed by atoms with Crippen molar-refractivity contribution < 1.29 is 4.57 Å². The molecule has 11 aromatic rings. The molecule has 0 spiro atoms. The molecule has 0 fully saturated rings. The molecule has 0 saturated carbocycles. The molecule has 2 aliphatic rings. The van der Waals surface area contributed by atoms with Crippen LogP contribution in [0.4, 0.5) is 17.1 Å². The number of para-hydroxylation sites is 6. The van der Waals surface area contributed by atoms with Gasteiger partial charge >= 0.3 is 0 Å². The van der Waals surface area contributed by atoms with E-state index >= 15 is 0 Å². The van der Waals surface area contributed by atoms with Gasteiger partial charge in [-0.15, -0.1) is 0 Å². The first-order valence-electron chi connectivity index (χ1n) is 19.5. The Kier molecular flexibility index (Phi) is 5.82. The van der Waals surface area contributed by atoms with Gasteiger partial charge in [-0.05, 0) is 101 Å². The molecule has 2 aliphatic heterocycles. The van der Waals surface area contributed by atoms with E-state index in [-0.39, 0.29) is 6.71 Å². The van der Waals surface area contributed by atoms with Crippen LogP contribution in [0.3, 0.4) is 0 Å². The Morgan fingerprint density at radius 2 is 1.20 bits per heavy atom. The van der Waals surface area contributed by atoms with Gasteiger partial charge in [-0.3, -0.25) is 0 Å². The number of aromatic nitrogens is 3. The van der Waals surface area contributed by atoms with Crippen LogP contribution < -0.4 is 25.9 Å². The highest BCUT2D eigenvalue weighted by molar-refractivity contribution is 7.00. The Bertz CT molecular complexity index is 3520. The van der Waals surface area contributed by atoms with Crippen molar-refractivity contribution in [3.05, 3.63) is 175 Å². The van der Waals surface area contributed by atoms with Gasteiger partial charge in [0.2, 0.25) is 0 Å². The van der Waals surface area contributed by atoms with Crippen LogP contribution >= 0.6 is 0 Å². The van der Waals surface area contributed by atoms with Crippen LogP contribution in [0.15, 0.2) is 170 Å². The smallest absolute Gasteiger partial charge is 0.295 e. The minimum atomic E-state index is 0.0998. The predicted octanol–water partition coefficient (Wildman–Crippen LogP) is 9.91. The minimum absolute atomic E-state index is 0.0998. The van der Waals surface area contributed by atoms with Crippen LogP contribution in [0.1, 0.15) is 5.56 Å². The molecule has 0 amide bonds. The van der Waals surface area contributed by atoms with Crippen LogP contribution in [0.5, 0.6) is 0 Å². The van der Waals surface area contributed by atoms with Crippen LogP contribution in [-0.4, -0.2) is 15.7 Å². The normalized spacial score (nSPS) is 13.1. The summed E-state index contributed by atoms with van der Waals surface area (Å²) in [6.45, 7) is 2.34. The van der Waals surface area contributed by atoms with Crippen molar-refractivity contribution in [1.29, 1.82) is 0 Å². The number of fused-ring (bicyclic) bond motifs is 15. The van der Waals surface area contributed by atoms with Gasteiger partial charge in [0, 0.05) is 49.8 Å². The Morgan fingerprint density at radius 1 is 0.500 bits per heavy atom. The molecule has 0 atom stereocenters. The standard InChI is InChI=1S/C51H34BN4/c1-31-14-12-18-37-36-27-26-32(28-45(36)56-44-25-11-10-24-43(44)53(2)51(56)48(31)37)33-29-46-49-47(30-33)55-41-22-8-6-17-35(41)38-19-13-21-40(50(38)55)52(49)39-20-7-9-23-42(39)54(46)34-15-4-3-5-16-34/h3-30H,1-2H3/q+1. The van der Waals surface area contributed by atoms with Crippen molar-refractivity contribution in [2.75, 3.05) is 4.90 Å². The lowest BCUT2D eigenvalue weighted by atomic mass is 9.33. The molecule has 0 aliphatic carbocycles. The molecule has 8 aromatic carbocycles. The highest BCUT2D eigenvalue weighted by Crippen LogP contribution is 2.44. The van der Waals surface area contributed by atoms with E-state index in [1.165, 1.54) is 110 Å². The molecule has 0 radical (unpaired) electrons. The zero-order chi connectivity index (χ0) is 36.8. The molecule has 0 saturated heterocycles. The van der Waals surface area contributed by atoms with Gasteiger partial charge < -0.3 is 9.47 Å². The second-order valence-electron chi connectivity index (χ2n) is 15.6. The van der Waals surface area contributed by atoms with Crippen molar-refractivity contribution in [1.82, 2.24) is 8.97 Å². The largest absolute Gasteiger partial charge is 0.311 e. The van der Waals surface area contributed by atoms with Crippen molar-refractivity contribution in [3.63, 3.8) is 0 Å². The van der Waals surface area contributed by atoms with Gasteiger partial charge in [0.15, 0.2) is 11.0 Å². The van der Waals surface area contributed by atoms with Crippen molar-refractivity contribution >= 4 is 100 Å². The average Bonchev–Trinajstić information content (AvgIpc) is 3.75. The zero-order valence-corrected chi connectivity index (χ0v) is 31.0. The monoisotopic (exact) mass is 713 g/mol.